The lowest BCUT2D eigenvalue weighted by Crippen LogP contribution is -2.32. The third-order valence-electron chi connectivity index (χ3n) is 3.23. The Morgan fingerprint density at radius 3 is 2.12 bits per heavy atom. The molecule has 0 unspecified atom stereocenters. The summed E-state index contributed by atoms with van der Waals surface area (Å²) in [6, 6.07) is 6.56. The van der Waals surface area contributed by atoms with E-state index in [1.54, 1.807) is 24.3 Å². The van der Waals surface area contributed by atoms with Crippen LogP contribution in [0.1, 0.15) is 47.3 Å². The van der Waals surface area contributed by atoms with Crippen molar-refractivity contribution in [3.05, 3.63) is 47.6 Å². The second-order valence-corrected chi connectivity index (χ2v) is 6.67. The first kappa shape index (κ1) is 17.7. The Bertz CT molecular complexity index is 673. The Morgan fingerprint density at radius 1 is 1.04 bits per heavy atom. The van der Waals surface area contributed by atoms with E-state index < -0.39 is 0 Å². The normalized spacial score (nSPS) is 11.1. The number of nitrogens with one attached hydrogen (secondary N) is 2. The van der Waals surface area contributed by atoms with Crippen molar-refractivity contribution in [2.45, 2.75) is 27.2 Å². The molecule has 2 N–H and O–H groups in total. The van der Waals surface area contributed by atoms with Crippen molar-refractivity contribution in [2.24, 2.45) is 5.41 Å². The molecule has 0 saturated heterocycles. The topological polar surface area (TPSA) is 97.1 Å². The van der Waals surface area contributed by atoms with Gasteiger partial charge in [-0.2, -0.15) is 4.98 Å². The van der Waals surface area contributed by atoms with Gasteiger partial charge >= 0.3 is 0 Å². The van der Waals surface area contributed by atoms with Gasteiger partial charge in [0, 0.05) is 30.6 Å². The van der Waals surface area contributed by atoms with Crippen LogP contribution in [0.25, 0.3) is 0 Å². The summed E-state index contributed by atoms with van der Waals surface area (Å²) in [5.74, 6) is 0.190. The van der Waals surface area contributed by atoms with E-state index in [2.05, 4.69) is 46.1 Å². The fraction of sp³-hybridized carbons (Fsp3) is 0.412. The standard InChI is InChI=1S/C17H22N4O3/c1-17(2,3)10-19-16(23)13-6-4-12(5-7-13)15(22)18-9-8-14-20-11-24-21-14/h4-7,11H,8-10H2,1-3H3,(H,18,22)(H,19,23). The molecule has 128 valence electrons. The third-order valence-corrected chi connectivity index (χ3v) is 3.23. The molecule has 2 aromatic rings. The van der Waals surface area contributed by atoms with Gasteiger partial charge < -0.3 is 15.2 Å². The van der Waals surface area contributed by atoms with E-state index in [1.807, 2.05) is 0 Å². The van der Waals surface area contributed by atoms with Crippen molar-refractivity contribution in [1.82, 2.24) is 20.8 Å². The molecule has 7 nitrogen and oxygen atoms in total. The van der Waals surface area contributed by atoms with Crippen LogP contribution in [0.2, 0.25) is 0 Å². The minimum Gasteiger partial charge on any atom is -0.352 e. The molecular weight excluding hydrogens is 308 g/mol. The van der Waals surface area contributed by atoms with E-state index in [4.69, 9.17) is 0 Å². The first-order valence-corrected chi connectivity index (χ1v) is 7.77. The van der Waals surface area contributed by atoms with Crippen LogP contribution >= 0.6 is 0 Å². The highest BCUT2D eigenvalue weighted by Crippen LogP contribution is 2.11. The van der Waals surface area contributed by atoms with Crippen LogP contribution in [0.5, 0.6) is 0 Å². The van der Waals surface area contributed by atoms with Gasteiger partial charge in [-0.05, 0) is 29.7 Å². The fourth-order valence-electron chi connectivity index (χ4n) is 1.91. The van der Waals surface area contributed by atoms with Crippen molar-refractivity contribution in [2.75, 3.05) is 13.1 Å². The largest absolute Gasteiger partial charge is 0.352 e. The van der Waals surface area contributed by atoms with Crippen LogP contribution in [0, 0.1) is 5.41 Å². The van der Waals surface area contributed by atoms with Crippen LogP contribution in [0.3, 0.4) is 0 Å². The number of aromatic nitrogens is 2. The number of benzene rings is 1. The van der Waals surface area contributed by atoms with Gasteiger partial charge in [-0.25, -0.2) is 0 Å². The number of carbonyl (C=O) groups excluding carboxylic acids is 2. The Balaban J connectivity index is 1.84. The second-order valence-electron chi connectivity index (χ2n) is 6.67. The molecule has 1 heterocycles. The molecule has 24 heavy (non-hydrogen) atoms. The lowest BCUT2D eigenvalue weighted by atomic mass is 9.97. The summed E-state index contributed by atoms with van der Waals surface area (Å²) in [5, 5.41) is 9.31. The van der Waals surface area contributed by atoms with Crippen molar-refractivity contribution in [1.29, 1.82) is 0 Å². The maximum absolute atomic E-state index is 12.0. The summed E-state index contributed by atoms with van der Waals surface area (Å²) >= 11 is 0. The molecule has 0 atom stereocenters. The summed E-state index contributed by atoms with van der Waals surface area (Å²) in [6.07, 6.45) is 1.75. The zero-order chi connectivity index (χ0) is 17.6. The highest BCUT2D eigenvalue weighted by molar-refractivity contribution is 5.97. The second kappa shape index (κ2) is 7.72. The molecule has 1 aromatic carbocycles. The van der Waals surface area contributed by atoms with Gasteiger partial charge in [-0.3, -0.25) is 9.59 Å². The maximum Gasteiger partial charge on any atom is 0.251 e. The van der Waals surface area contributed by atoms with Gasteiger partial charge in [0.15, 0.2) is 5.82 Å². The Morgan fingerprint density at radius 2 is 1.62 bits per heavy atom. The summed E-state index contributed by atoms with van der Waals surface area (Å²) in [5.41, 5.74) is 1.05. The third kappa shape index (κ3) is 5.49. The number of rotatable bonds is 6. The van der Waals surface area contributed by atoms with Crippen molar-refractivity contribution < 1.29 is 14.1 Å². The molecule has 0 radical (unpaired) electrons. The molecule has 0 aliphatic rings. The molecule has 2 amide bonds. The molecule has 0 fully saturated rings. The van der Waals surface area contributed by atoms with Crippen molar-refractivity contribution in [3.8, 4) is 0 Å². The van der Waals surface area contributed by atoms with Crippen molar-refractivity contribution >= 4 is 11.8 Å². The van der Waals surface area contributed by atoms with E-state index in [-0.39, 0.29) is 17.2 Å². The van der Waals surface area contributed by atoms with E-state index in [1.165, 1.54) is 6.39 Å². The highest BCUT2D eigenvalue weighted by Gasteiger charge is 2.13. The zero-order valence-electron chi connectivity index (χ0n) is 14.1. The molecule has 2 rings (SSSR count). The molecular formula is C17H22N4O3. The molecule has 0 saturated carbocycles. The van der Waals surface area contributed by atoms with Gasteiger partial charge in [0.05, 0.1) is 0 Å². The van der Waals surface area contributed by atoms with Gasteiger partial charge in [0.2, 0.25) is 6.39 Å². The first-order chi connectivity index (χ1) is 11.3. The number of nitrogens with zero attached hydrogens (tertiary/aromatic N) is 2. The summed E-state index contributed by atoms with van der Waals surface area (Å²) < 4.78 is 4.62. The Hall–Kier alpha value is -2.70. The minimum atomic E-state index is -0.208. The lowest BCUT2D eigenvalue weighted by Gasteiger charge is -2.18. The van der Waals surface area contributed by atoms with E-state index in [0.29, 0.717) is 36.5 Å². The maximum atomic E-state index is 12.0. The molecule has 0 bridgehead atoms. The van der Waals surface area contributed by atoms with Crippen molar-refractivity contribution in [3.63, 3.8) is 0 Å². The number of carbonyl (C=O) groups is 2. The van der Waals surface area contributed by atoms with Gasteiger partial charge in [0.25, 0.3) is 11.8 Å². The average Bonchev–Trinajstić information content (AvgIpc) is 3.05. The first-order valence-electron chi connectivity index (χ1n) is 7.77. The predicted octanol–water partition coefficient (Wildman–Crippen LogP) is 1.82. The van der Waals surface area contributed by atoms with Crippen LogP contribution in [-0.4, -0.2) is 35.0 Å². The monoisotopic (exact) mass is 330 g/mol. The summed E-state index contributed by atoms with van der Waals surface area (Å²) in [4.78, 5) is 28.0. The number of amides is 2. The molecule has 0 spiro atoms. The van der Waals surface area contributed by atoms with E-state index in [0.717, 1.165) is 0 Å². The Labute approximate surface area is 140 Å². The average molecular weight is 330 g/mol. The number of hydrogen-bond acceptors (Lipinski definition) is 5. The van der Waals surface area contributed by atoms with Gasteiger partial charge in [-0.15, -0.1) is 0 Å². The number of hydrogen-bond donors (Lipinski definition) is 2. The lowest BCUT2D eigenvalue weighted by molar-refractivity contribution is 0.0933. The van der Waals surface area contributed by atoms with Gasteiger partial charge in [0.1, 0.15) is 0 Å². The molecule has 0 aliphatic carbocycles. The predicted molar refractivity (Wildman–Crippen MR) is 88.6 cm³/mol. The summed E-state index contributed by atoms with van der Waals surface area (Å²) in [6.45, 7) is 7.15. The van der Waals surface area contributed by atoms with Crippen LogP contribution in [-0.2, 0) is 6.42 Å². The zero-order valence-corrected chi connectivity index (χ0v) is 14.1. The van der Waals surface area contributed by atoms with Crippen LogP contribution in [0.4, 0.5) is 0 Å². The molecule has 7 heteroatoms. The van der Waals surface area contributed by atoms with Crippen LogP contribution in [0.15, 0.2) is 35.2 Å². The quantitative estimate of drug-likeness (QED) is 0.842. The molecule has 1 aromatic heterocycles. The SMILES string of the molecule is CC(C)(C)CNC(=O)c1ccc(C(=O)NCCc2ncon2)cc1. The fourth-order valence-corrected chi connectivity index (χ4v) is 1.91. The smallest absolute Gasteiger partial charge is 0.251 e. The Kier molecular flexibility index (Phi) is 5.68. The van der Waals surface area contributed by atoms with Crippen LogP contribution < -0.4 is 10.6 Å². The minimum absolute atomic E-state index is 0.0220. The summed E-state index contributed by atoms with van der Waals surface area (Å²) in [7, 11) is 0. The van der Waals surface area contributed by atoms with Gasteiger partial charge in [-0.1, -0.05) is 25.9 Å². The highest BCUT2D eigenvalue weighted by atomic mass is 16.5. The molecule has 0 aliphatic heterocycles. The van der Waals surface area contributed by atoms with E-state index in [9.17, 15) is 9.59 Å². The van der Waals surface area contributed by atoms with E-state index >= 15 is 0 Å².